The van der Waals surface area contributed by atoms with E-state index < -0.39 is 11.9 Å². The van der Waals surface area contributed by atoms with Crippen LogP contribution in [0.3, 0.4) is 0 Å². The number of aromatic nitrogens is 3. The molecule has 120 valence electrons. The Hall–Kier alpha value is -2.99. The fourth-order valence-corrected chi connectivity index (χ4v) is 2.48. The van der Waals surface area contributed by atoms with Crippen LogP contribution in [0.25, 0.3) is 0 Å². The topological polar surface area (TPSA) is 93.8 Å². The van der Waals surface area contributed by atoms with Crippen molar-refractivity contribution in [1.29, 1.82) is 0 Å². The number of amides is 1. The van der Waals surface area contributed by atoms with Crippen LogP contribution in [0.4, 0.5) is 5.82 Å². The van der Waals surface area contributed by atoms with Gasteiger partial charge in [0.25, 0.3) is 5.91 Å². The summed E-state index contributed by atoms with van der Waals surface area (Å²) in [4.78, 5) is 24.8. The number of halogens is 1. The van der Waals surface area contributed by atoms with Gasteiger partial charge in [-0.25, -0.2) is 9.97 Å². The van der Waals surface area contributed by atoms with E-state index in [0.29, 0.717) is 10.7 Å². The molecule has 0 spiro atoms. The number of nitrogens with zero attached hydrogens (tertiary/aromatic N) is 3. The largest absolute Gasteiger partial charge is 0.382 e. The number of nitrogen functional groups attached to an aromatic ring is 1. The second-order valence-corrected chi connectivity index (χ2v) is 5.44. The van der Waals surface area contributed by atoms with E-state index in [-0.39, 0.29) is 11.5 Å². The van der Waals surface area contributed by atoms with Crippen molar-refractivity contribution in [3.63, 3.8) is 0 Å². The monoisotopic (exact) mass is 339 g/mol. The molecule has 3 aromatic rings. The molecule has 1 aromatic carbocycles. The van der Waals surface area contributed by atoms with Crippen LogP contribution in [0.15, 0.2) is 61.1 Å². The van der Waals surface area contributed by atoms with Gasteiger partial charge in [0.15, 0.2) is 11.5 Å². The highest BCUT2D eigenvalue weighted by Crippen LogP contribution is 2.23. The number of hydrogen-bond acceptors (Lipinski definition) is 5. The van der Waals surface area contributed by atoms with Crippen LogP contribution in [0.5, 0.6) is 0 Å². The minimum absolute atomic E-state index is 0.0699. The zero-order valence-corrected chi connectivity index (χ0v) is 13.3. The van der Waals surface area contributed by atoms with Gasteiger partial charge in [0, 0.05) is 23.6 Å². The molecule has 0 aliphatic carbocycles. The summed E-state index contributed by atoms with van der Waals surface area (Å²) in [5.41, 5.74) is 7.28. The van der Waals surface area contributed by atoms with E-state index in [2.05, 4.69) is 20.3 Å². The maximum atomic E-state index is 12.6. The van der Waals surface area contributed by atoms with Gasteiger partial charge in [-0.3, -0.25) is 9.78 Å². The first kappa shape index (κ1) is 15.9. The highest BCUT2D eigenvalue weighted by atomic mass is 35.5. The van der Waals surface area contributed by atoms with E-state index in [1.165, 1.54) is 12.4 Å². The molecule has 2 aromatic heterocycles. The predicted octanol–water partition coefficient (Wildman–Crippen LogP) is 2.63. The van der Waals surface area contributed by atoms with Crippen LogP contribution in [0, 0.1) is 0 Å². The third-order valence-corrected chi connectivity index (χ3v) is 3.62. The van der Waals surface area contributed by atoms with Crippen molar-refractivity contribution in [3.05, 3.63) is 83.0 Å². The molecular weight excluding hydrogens is 326 g/mol. The number of carbonyl (C=O) groups excluding carboxylic acids is 1. The molecule has 7 heteroatoms. The molecule has 0 aliphatic rings. The molecule has 1 unspecified atom stereocenters. The van der Waals surface area contributed by atoms with Crippen molar-refractivity contribution >= 4 is 23.3 Å². The Labute approximate surface area is 143 Å². The molecule has 1 amide bonds. The zero-order valence-electron chi connectivity index (χ0n) is 12.6. The van der Waals surface area contributed by atoms with Gasteiger partial charge in [0.2, 0.25) is 0 Å². The Morgan fingerprint density at radius 1 is 1.04 bits per heavy atom. The second-order valence-electron chi connectivity index (χ2n) is 5.01. The Kier molecular flexibility index (Phi) is 4.67. The molecule has 3 N–H and O–H groups in total. The van der Waals surface area contributed by atoms with Crippen molar-refractivity contribution in [2.24, 2.45) is 0 Å². The summed E-state index contributed by atoms with van der Waals surface area (Å²) in [6.45, 7) is 0. The van der Waals surface area contributed by atoms with E-state index in [0.717, 1.165) is 5.56 Å². The summed E-state index contributed by atoms with van der Waals surface area (Å²) >= 11 is 6.08. The summed E-state index contributed by atoms with van der Waals surface area (Å²) in [5, 5.41) is 3.46. The van der Waals surface area contributed by atoms with Gasteiger partial charge in [-0.1, -0.05) is 29.8 Å². The number of anilines is 1. The number of nitrogens with one attached hydrogen (secondary N) is 1. The van der Waals surface area contributed by atoms with Crippen molar-refractivity contribution in [3.8, 4) is 0 Å². The molecular formula is C17H14ClN5O. The van der Waals surface area contributed by atoms with Gasteiger partial charge in [-0.05, 0) is 29.8 Å². The average molecular weight is 340 g/mol. The van der Waals surface area contributed by atoms with Crippen LogP contribution in [0.2, 0.25) is 5.02 Å². The lowest BCUT2D eigenvalue weighted by Gasteiger charge is -2.19. The lowest BCUT2D eigenvalue weighted by Crippen LogP contribution is -2.31. The van der Waals surface area contributed by atoms with E-state index >= 15 is 0 Å². The number of rotatable bonds is 4. The number of nitrogens with two attached hydrogens (primary N) is 1. The molecule has 0 aliphatic heterocycles. The lowest BCUT2D eigenvalue weighted by molar-refractivity contribution is 0.0938. The molecule has 3 rings (SSSR count). The smallest absolute Gasteiger partial charge is 0.274 e. The molecule has 0 bridgehead atoms. The van der Waals surface area contributed by atoms with Crippen LogP contribution >= 0.6 is 11.6 Å². The zero-order chi connectivity index (χ0) is 16.9. The maximum Gasteiger partial charge on any atom is 0.274 e. The Bertz CT molecular complexity index is 856. The van der Waals surface area contributed by atoms with Crippen molar-refractivity contribution in [1.82, 2.24) is 20.3 Å². The van der Waals surface area contributed by atoms with Crippen molar-refractivity contribution in [2.75, 3.05) is 5.73 Å². The third kappa shape index (κ3) is 3.49. The molecule has 6 nitrogen and oxygen atoms in total. The first-order chi connectivity index (χ1) is 11.6. The third-order valence-electron chi connectivity index (χ3n) is 3.38. The summed E-state index contributed by atoms with van der Waals surface area (Å²) in [6, 6.07) is 12.2. The maximum absolute atomic E-state index is 12.6. The first-order valence-corrected chi connectivity index (χ1v) is 7.56. The van der Waals surface area contributed by atoms with E-state index in [4.69, 9.17) is 17.3 Å². The second kappa shape index (κ2) is 7.06. The van der Waals surface area contributed by atoms with Gasteiger partial charge >= 0.3 is 0 Å². The Morgan fingerprint density at radius 3 is 2.58 bits per heavy atom. The molecule has 0 radical (unpaired) electrons. The normalized spacial score (nSPS) is 11.7. The highest BCUT2D eigenvalue weighted by Gasteiger charge is 2.21. The number of carbonyl (C=O) groups is 1. The molecule has 2 heterocycles. The standard InChI is InChI=1S/C17H14ClN5O/c18-12-5-3-4-11(10-12)14(13-6-1-2-7-20-13)23-17(24)15-16(19)22-9-8-21-15/h1-10,14H,(H2,19,22)(H,23,24). The van der Waals surface area contributed by atoms with Crippen LogP contribution in [-0.4, -0.2) is 20.9 Å². The van der Waals surface area contributed by atoms with Crippen LogP contribution in [-0.2, 0) is 0 Å². The summed E-state index contributed by atoms with van der Waals surface area (Å²) in [6.07, 6.45) is 4.51. The van der Waals surface area contributed by atoms with E-state index in [1.807, 2.05) is 24.3 Å². The fraction of sp³-hybridized carbons (Fsp3) is 0.0588. The fourth-order valence-electron chi connectivity index (χ4n) is 2.28. The molecule has 0 saturated heterocycles. The summed E-state index contributed by atoms with van der Waals surface area (Å²) < 4.78 is 0. The van der Waals surface area contributed by atoms with Gasteiger partial charge in [-0.2, -0.15) is 0 Å². The van der Waals surface area contributed by atoms with Gasteiger partial charge in [0.1, 0.15) is 0 Å². The SMILES string of the molecule is Nc1nccnc1C(=O)NC(c1cccc(Cl)c1)c1ccccn1. The number of pyridine rings is 1. The van der Waals surface area contributed by atoms with E-state index in [9.17, 15) is 4.79 Å². The van der Waals surface area contributed by atoms with Gasteiger partial charge < -0.3 is 11.1 Å². The lowest BCUT2D eigenvalue weighted by atomic mass is 10.0. The van der Waals surface area contributed by atoms with Crippen LogP contribution < -0.4 is 11.1 Å². The Balaban J connectivity index is 1.97. The van der Waals surface area contributed by atoms with Crippen LogP contribution in [0.1, 0.15) is 27.8 Å². The predicted molar refractivity (Wildman–Crippen MR) is 91.4 cm³/mol. The number of benzene rings is 1. The minimum Gasteiger partial charge on any atom is -0.382 e. The summed E-state index contributed by atoms with van der Waals surface area (Å²) in [5.74, 6) is -0.364. The molecule has 0 fully saturated rings. The van der Waals surface area contributed by atoms with Crippen molar-refractivity contribution in [2.45, 2.75) is 6.04 Å². The molecule has 1 atom stereocenters. The minimum atomic E-state index is -0.487. The van der Waals surface area contributed by atoms with Gasteiger partial charge in [0.05, 0.1) is 11.7 Å². The summed E-state index contributed by atoms with van der Waals surface area (Å²) in [7, 11) is 0. The quantitative estimate of drug-likeness (QED) is 0.762. The average Bonchev–Trinajstić information content (AvgIpc) is 2.60. The van der Waals surface area contributed by atoms with E-state index in [1.54, 1.807) is 24.4 Å². The highest BCUT2D eigenvalue weighted by molar-refractivity contribution is 6.30. The first-order valence-electron chi connectivity index (χ1n) is 7.19. The number of hydrogen-bond donors (Lipinski definition) is 2. The molecule has 0 saturated carbocycles. The van der Waals surface area contributed by atoms with Crippen molar-refractivity contribution < 1.29 is 4.79 Å². The Morgan fingerprint density at radius 2 is 1.88 bits per heavy atom. The molecule has 24 heavy (non-hydrogen) atoms. The van der Waals surface area contributed by atoms with Gasteiger partial charge in [-0.15, -0.1) is 0 Å².